The minimum absolute atomic E-state index is 0.0519. The lowest BCUT2D eigenvalue weighted by Crippen LogP contribution is -2.36. The summed E-state index contributed by atoms with van der Waals surface area (Å²) < 4.78 is 5.77. The number of hydrogen-bond donors (Lipinski definition) is 4. The van der Waals surface area contributed by atoms with E-state index >= 15 is 0 Å². The van der Waals surface area contributed by atoms with Crippen molar-refractivity contribution in [2.75, 3.05) is 58.4 Å². The number of H-pyrrole nitrogens is 2. The van der Waals surface area contributed by atoms with Gasteiger partial charge in [0.2, 0.25) is 0 Å². The molecule has 0 unspecified atom stereocenters. The van der Waals surface area contributed by atoms with Crippen molar-refractivity contribution in [3.8, 4) is 45.6 Å². The zero-order valence-corrected chi connectivity index (χ0v) is 75.8. The lowest BCUT2D eigenvalue weighted by atomic mass is 10.0. The van der Waals surface area contributed by atoms with Gasteiger partial charge in [-0.25, -0.2) is 34.7 Å². The number of carbonyl (C=O) groups is 2. The Bertz CT molecular complexity index is 4280. The first-order valence-corrected chi connectivity index (χ1v) is 52.5. The second kappa shape index (κ2) is 48.9. The first kappa shape index (κ1) is 88.9. The molecular weight excluding hydrogens is 1560 g/mol. The molecule has 3 atom stereocenters. The minimum Gasteiger partial charge on any atom is -0.466 e. The van der Waals surface area contributed by atoms with E-state index in [2.05, 4.69) is 118 Å². The molecule has 4 aliphatic heterocycles. The number of aromatic nitrogens is 8. The monoisotopic (exact) mass is 1680 g/mol. The van der Waals surface area contributed by atoms with Crippen LogP contribution in [0.4, 0.5) is 4.79 Å². The molecule has 4 aromatic carbocycles. The van der Waals surface area contributed by atoms with Gasteiger partial charge in [0.05, 0.1) is 18.7 Å². The Morgan fingerprint density at radius 2 is 0.643 bits per heavy atom. The van der Waals surface area contributed by atoms with E-state index in [1.165, 1.54) is 213 Å². The van der Waals surface area contributed by atoms with Gasteiger partial charge in [-0.1, -0.05) is 203 Å². The standard InChI is InChI=1S/C90H128N10O3S9/c1-8-15-22-34-45-104-72-53-62-63(54-73(72)105-46-35-23-16-9-2)83-93-82(62)94-84-64-55-74(106-47-36-24-17-10-3)75(107-48-37-25-18-11-4)56-65(64)86(96-84)98-88-68-59-78(110-51-40-28-21-14-7)79(111-52-41-30-29-33-44-103-80(101)43-32-31-42-71-81-70(61-112-71)91-90(102)92-81)60-69(68)89(100-88)99-87-67-58-77(109-50-39-27-20-13-6)76(108-49-38-26-19-12-5)57-66(67)85(95-83)97-87/h53-60,70-71,81H,8-52,61H2,1-7H3,(H2,91,92,102)(H2,93,94,95,96,97,98,99,100)/t70-,71-,81-/m0/s1. The maximum absolute atomic E-state index is 12.9. The Morgan fingerprint density at radius 1 is 0.357 bits per heavy atom. The molecule has 4 aliphatic rings. The van der Waals surface area contributed by atoms with Crippen LogP contribution in [0.2, 0.25) is 0 Å². The van der Waals surface area contributed by atoms with Gasteiger partial charge < -0.3 is 25.3 Å². The third kappa shape index (κ3) is 26.1. The zero-order valence-electron chi connectivity index (χ0n) is 68.5. The molecule has 7 heterocycles. The number of rotatable bonds is 55. The van der Waals surface area contributed by atoms with Crippen LogP contribution in [0.25, 0.3) is 89.7 Å². The summed E-state index contributed by atoms with van der Waals surface area (Å²) in [5.74, 6) is 11.8. The van der Waals surface area contributed by atoms with E-state index in [1.54, 1.807) is 0 Å². The average molecular weight is 1690 g/mol. The highest BCUT2D eigenvalue weighted by Crippen LogP contribution is 2.48. The summed E-state index contributed by atoms with van der Waals surface area (Å²) >= 11 is 17.8. The molecule has 0 spiro atoms. The van der Waals surface area contributed by atoms with Gasteiger partial charge in [0.15, 0.2) is 23.3 Å². The highest BCUT2D eigenvalue weighted by atomic mass is 32.2. The maximum Gasteiger partial charge on any atom is 0.315 e. The van der Waals surface area contributed by atoms with Crippen LogP contribution in [0.1, 0.15) is 280 Å². The fourth-order valence-corrected chi connectivity index (χ4v) is 25.7. The fourth-order valence-electron chi connectivity index (χ4n) is 15.0. The molecule has 0 saturated carbocycles. The summed E-state index contributed by atoms with van der Waals surface area (Å²) in [4.78, 5) is 77.7. The number of esters is 1. The molecule has 22 heteroatoms. The van der Waals surface area contributed by atoms with Crippen LogP contribution in [-0.4, -0.2) is 128 Å². The van der Waals surface area contributed by atoms with E-state index in [4.69, 9.17) is 34.6 Å². The molecule has 4 N–H and O–H groups in total. The van der Waals surface area contributed by atoms with Crippen molar-refractivity contribution in [1.82, 2.24) is 50.5 Å². The Kier molecular flexibility index (Phi) is 38.8. The molecule has 3 aromatic heterocycles. The number of fused-ring (bicyclic) bond motifs is 21. The average Bonchev–Trinajstić information content (AvgIpc) is 1.59. The number of amides is 2. The maximum atomic E-state index is 12.9. The van der Waals surface area contributed by atoms with Crippen LogP contribution in [0, 0.1) is 0 Å². The van der Waals surface area contributed by atoms with E-state index < -0.39 is 0 Å². The molecule has 0 aliphatic carbocycles. The van der Waals surface area contributed by atoms with Crippen molar-refractivity contribution in [3.05, 3.63) is 48.5 Å². The van der Waals surface area contributed by atoms with Crippen molar-refractivity contribution in [1.29, 1.82) is 0 Å². The molecule has 112 heavy (non-hydrogen) atoms. The molecule has 2 amide bonds. The van der Waals surface area contributed by atoms with Crippen molar-refractivity contribution in [2.24, 2.45) is 0 Å². The van der Waals surface area contributed by atoms with Gasteiger partial charge in [-0.05, 0) is 165 Å². The fraction of sp³-hybridized carbons (Fsp3) is 0.622. The molecule has 2 saturated heterocycles. The van der Waals surface area contributed by atoms with Crippen molar-refractivity contribution in [3.63, 3.8) is 0 Å². The largest absolute Gasteiger partial charge is 0.466 e. The van der Waals surface area contributed by atoms with Gasteiger partial charge in [-0.15, -0.1) is 94.1 Å². The lowest BCUT2D eigenvalue weighted by Gasteiger charge is -2.16. The highest BCUT2D eigenvalue weighted by Gasteiger charge is 2.42. The summed E-state index contributed by atoms with van der Waals surface area (Å²) in [6.45, 7) is 16.6. The quantitative estimate of drug-likeness (QED) is 0.0122. The number of benzene rings is 4. The van der Waals surface area contributed by atoms with Gasteiger partial charge in [0.1, 0.15) is 22.6 Å². The van der Waals surface area contributed by atoms with Crippen LogP contribution >= 0.6 is 106 Å². The second-order valence-corrected chi connectivity index (χ2v) is 41.1. The number of thioether (sulfide) groups is 9. The number of nitrogens with zero attached hydrogens (tertiary/aromatic N) is 6. The molecule has 7 aromatic rings. The molecule has 0 radical (unpaired) electrons. The summed E-state index contributed by atoms with van der Waals surface area (Å²) in [5, 5.41) is 10.7. The number of nitrogens with one attached hydrogen (secondary N) is 4. The van der Waals surface area contributed by atoms with Crippen molar-refractivity contribution >= 4 is 162 Å². The van der Waals surface area contributed by atoms with Crippen LogP contribution in [0.3, 0.4) is 0 Å². The predicted octanol–water partition coefficient (Wildman–Crippen LogP) is 28.5. The number of ether oxygens (including phenoxy) is 1. The molecule has 8 bridgehead atoms. The SMILES string of the molecule is CCCCCCSc1cc2c(cc1SCCCCCC)-c1nc-2nc2[nH]c(nc3nc(nc4[nH]c(n1)c1cc(SCCCCCC)c(SCCCCCC)cc41)-c1cc(SCCCCCCOC(=O)CCCC[C@@H]4SC[C@@H]5NC(=O)N[C@@H]54)c(SCCCCCC)cc1-3)c1cc(SCCCCCC)c(SCCCCCC)cc21. The summed E-state index contributed by atoms with van der Waals surface area (Å²) in [7, 11) is 0. The Labute approximate surface area is 709 Å². The topological polar surface area (TPSA) is 176 Å². The van der Waals surface area contributed by atoms with Crippen LogP contribution in [0.5, 0.6) is 0 Å². The summed E-state index contributed by atoms with van der Waals surface area (Å²) in [6, 6.07) is 19.7. The van der Waals surface area contributed by atoms with Crippen molar-refractivity contribution < 1.29 is 14.3 Å². The molecule has 610 valence electrons. The summed E-state index contributed by atoms with van der Waals surface area (Å²) in [6.07, 6.45) is 41.3. The first-order valence-electron chi connectivity index (χ1n) is 43.5. The lowest BCUT2D eigenvalue weighted by molar-refractivity contribution is -0.143. The number of urea groups is 1. The van der Waals surface area contributed by atoms with Crippen LogP contribution < -0.4 is 10.6 Å². The minimum atomic E-state index is -0.102. The highest BCUT2D eigenvalue weighted by molar-refractivity contribution is 8.03. The molecule has 13 nitrogen and oxygen atoms in total. The van der Waals surface area contributed by atoms with Gasteiger partial charge in [0, 0.05) is 100 Å². The molecule has 11 rings (SSSR count). The number of carbonyl (C=O) groups excluding carboxylic acids is 2. The van der Waals surface area contributed by atoms with Gasteiger partial charge in [-0.2, -0.15) is 11.8 Å². The number of unbranched alkanes of at least 4 members (excludes halogenated alkanes) is 25. The van der Waals surface area contributed by atoms with Gasteiger partial charge >= 0.3 is 12.0 Å². The third-order valence-electron chi connectivity index (χ3n) is 21.5. The molecule has 2 fully saturated rings. The molecular formula is C90H128N10O3S9. The van der Waals surface area contributed by atoms with E-state index in [-0.39, 0.29) is 24.1 Å². The van der Waals surface area contributed by atoms with Crippen LogP contribution in [-0.2, 0) is 9.53 Å². The smallest absolute Gasteiger partial charge is 0.315 e. The number of aromatic amines is 2. The third-order valence-corrected chi connectivity index (χ3v) is 32.7. The predicted molar refractivity (Wildman–Crippen MR) is 494 cm³/mol. The van der Waals surface area contributed by atoms with Crippen LogP contribution in [0.15, 0.2) is 87.7 Å². The second-order valence-electron chi connectivity index (χ2n) is 30.7. The normalized spacial score (nSPS) is 15.1. The van der Waals surface area contributed by atoms with E-state index in [0.717, 1.165) is 170 Å². The summed E-state index contributed by atoms with van der Waals surface area (Å²) in [5.41, 5.74) is 6.98. The number of hydrogen-bond acceptors (Lipinski definition) is 18. The van der Waals surface area contributed by atoms with Gasteiger partial charge in [0.25, 0.3) is 0 Å². The Balaban J connectivity index is 1.04. The van der Waals surface area contributed by atoms with E-state index in [1.807, 2.05) is 106 Å². The Hall–Kier alpha value is -3.87. The van der Waals surface area contributed by atoms with E-state index in [0.29, 0.717) is 41.6 Å². The first-order chi connectivity index (χ1) is 55.1. The zero-order chi connectivity index (χ0) is 78.1. The van der Waals surface area contributed by atoms with E-state index in [9.17, 15) is 9.59 Å². The Morgan fingerprint density at radius 3 is 0.946 bits per heavy atom. The van der Waals surface area contributed by atoms with Gasteiger partial charge in [-0.3, -0.25) is 4.79 Å². The van der Waals surface area contributed by atoms with Crippen molar-refractivity contribution in [2.45, 2.75) is 336 Å².